The van der Waals surface area contributed by atoms with Gasteiger partial charge in [0.05, 0.1) is 12.1 Å². The van der Waals surface area contributed by atoms with Gasteiger partial charge in [-0.3, -0.25) is 4.79 Å². The molecule has 0 bridgehead atoms. The fraction of sp³-hybridized carbons (Fsp3) is 0.500. The first kappa shape index (κ1) is 17.8. The van der Waals surface area contributed by atoms with Crippen LogP contribution in [0.2, 0.25) is 0 Å². The van der Waals surface area contributed by atoms with Crippen LogP contribution in [0.25, 0.3) is 11.4 Å². The number of rotatable bonds is 5. The van der Waals surface area contributed by atoms with E-state index in [0.29, 0.717) is 24.7 Å². The maximum absolute atomic E-state index is 12.3. The largest absolute Gasteiger partial charge is 0.364 e. The molecule has 8 nitrogen and oxygen atoms in total. The average molecular weight is 365 g/mol. The number of amides is 1. The summed E-state index contributed by atoms with van der Waals surface area (Å²) in [6, 6.07) is 7.96. The summed E-state index contributed by atoms with van der Waals surface area (Å²) in [5.74, 6) is 0.596. The van der Waals surface area contributed by atoms with Crippen LogP contribution in [0.3, 0.4) is 0 Å². The van der Waals surface area contributed by atoms with E-state index in [1.165, 1.54) is 0 Å². The summed E-state index contributed by atoms with van der Waals surface area (Å²) in [6.07, 6.45) is 3.29. The maximum Gasteiger partial charge on any atom is 0.253 e. The molecule has 2 fully saturated rings. The van der Waals surface area contributed by atoms with Gasteiger partial charge in [0.2, 0.25) is 0 Å². The van der Waals surface area contributed by atoms with E-state index in [1.807, 2.05) is 28.9 Å². The minimum absolute atomic E-state index is 0. The molecule has 2 aromatic rings. The van der Waals surface area contributed by atoms with Crippen LogP contribution in [-0.4, -0.2) is 44.9 Å². The lowest BCUT2D eigenvalue weighted by Gasteiger charge is -2.13. The van der Waals surface area contributed by atoms with E-state index < -0.39 is 6.10 Å². The number of benzene rings is 1. The average Bonchev–Trinajstić information content (AvgIpc) is 3.14. The molecule has 2 aliphatic rings. The maximum atomic E-state index is 12.3. The molecule has 1 amide bonds. The van der Waals surface area contributed by atoms with Crippen LogP contribution in [0, 0.1) is 0 Å². The van der Waals surface area contributed by atoms with Gasteiger partial charge < -0.3 is 15.8 Å². The highest BCUT2D eigenvalue weighted by Gasteiger charge is 2.30. The second-order valence-electron chi connectivity index (χ2n) is 6.31. The van der Waals surface area contributed by atoms with Crippen molar-refractivity contribution in [2.45, 2.75) is 43.9 Å². The van der Waals surface area contributed by atoms with Gasteiger partial charge in [-0.25, -0.2) is 4.68 Å². The second kappa shape index (κ2) is 7.47. The van der Waals surface area contributed by atoms with Crippen LogP contribution >= 0.6 is 12.4 Å². The molecule has 1 aromatic heterocycles. The van der Waals surface area contributed by atoms with Crippen molar-refractivity contribution in [3.63, 3.8) is 0 Å². The lowest BCUT2D eigenvalue weighted by molar-refractivity contribution is -0.126. The Hall–Kier alpha value is -2.03. The number of aromatic nitrogens is 4. The molecule has 134 valence electrons. The van der Waals surface area contributed by atoms with Gasteiger partial charge in [-0.15, -0.1) is 17.5 Å². The predicted molar refractivity (Wildman–Crippen MR) is 94.4 cm³/mol. The van der Waals surface area contributed by atoms with Gasteiger partial charge in [0.1, 0.15) is 6.10 Å². The summed E-state index contributed by atoms with van der Waals surface area (Å²) < 4.78 is 7.49. The SMILES string of the molecule is Cl.NC[C@H]1CC[C@@H](C(=O)Nc2cccc(-c3nnnn3C3CC3)c2)O1. The Morgan fingerprint density at radius 2 is 2.16 bits per heavy atom. The molecule has 1 aromatic carbocycles. The van der Waals surface area contributed by atoms with Crippen LogP contribution in [0.15, 0.2) is 24.3 Å². The first-order valence-electron chi connectivity index (χ1n) is 8.29. The number of carbonyl (C=O) groups excluding carboxylic acids is 1. The Bertz CT molecular complexity index is 748. The molecule has 0 radical (unpaired) electrons. The van der Waals surface area contributed by atoms with E-state index >= 15 is 0 Å². The lowest BCUT2D eigenvalue weighted by Crippen LogP contribution is -2.29. The van der Waals surface area contributed by atoms with Crippen LogP contribution in [-0.2, 0) is 9.53 Å². The summed E-state index contributed by atoms with van der Waals surface area (Å²) in [4.78, 5) is 12.3. The normalized spacial score (nSPS) is 22.4. The van der Waals surface area contributed by atoms with E-state index in [0.717, 1.165) is 30.7 Å². The number of tetrazole rings is 1. The number of nitrogens with one attached hydrogen (secondary N) is 1. The van der Waals surface area contributed by atoms with Crippen LogP contribution < -0.4 is 11.1 Å². The molecule has 1 aliphatic carbocycles. The van der Waals surface area contributed by atoms with Crippen molar-refractivity contribution < 1.29 is 9.53 Å². The minimum Gasteiger partial charge on any atom is -0.364 e. The number of nitrogens with two attached hydrogens (primary N) is 1. The van der Waals surface area contributed by atoms with E-state index in [4.69, 9.17) is 10.5 Å². The summed E-state index contributed by atoms with van der Waals surface area (Å²) in [5, 5.41) is 14.9. The molecule has 25 heavy (non-hydrogen) atoms. The zero-order chi connectivity index (χ0) is 16.5. The van der Waals surface area contributed by atoms with Crippen molar-refractivity contribution in [2.24, 2.45) is 5.73 Å². The Morgan fingerprint density at radius 3 is 2.88 bits per heavy atom. The van der Waals surface area contributed by atoms with Crippen molar-refractivity contribution in [2.75, 3.05) is 11.9 Å². The third-order valence-corrected chi connectivity index (χ3v) is 4.44. The van der Waals surface area contributed by atoms with Crippen molar-refractivity contribution >= 4 is 24.0 Å². The third-order valence-electron chi connectivity index (χ3n) is 4.44. The molecule has 0 spiro atoms. The second-order valence-corrected chi connectivity index (χ2v) is 6.31. The highest BCUT2D eigenvalue weighted by molar-refractivity contribution is 5.94. The van der Waals surface area contributed by atoms with Crippen molar-refractivity contribution in [1.82, 2.24) is 20.2 Å². The third kappa shape index (κ3) is 3.81. The van der Waals surface area contributed by atoms with Crippen molar-refractivity contribution in [1.29, 1.82) is 0 Å². The standard InChI is InChI=1S/C16H20N6O2.ClH/c17-9-13-6-7-14(24-13)16(23)18-11-3-1-2-10(8-11)15-19-20-21-22(15)12-4-5-12;/h1-3,8,12-14H,4-7,9,17H2,(H,18,23);1H/t13-,14+;/m1./s1. The minimum atomic E-state index is -0.431. The fourth-order valence-corrected chi connectivity index (χ4v) is 2.98. The van der Waals surface area contributed by atoms with Crippen molar-refractivity contribution in [3.05, 3.63) is 24.3 Å². The topological polar surface area (TPSA) is 108 Å². The molecule has 2 atom stereocenters. The summed E-state index contributed by atoms with van der Waals surface area (Å²) in [5.41, 5.74) is 7.19. The molecule has 1 aliphatic heterocycles. The number of carbonyl (C=O) groups is 1. The van der Waals surface area contributed by atoms with E-state index in [1.54, 1.807) is 0 Å². The molecule has 1 saturated carbocycles. The number of hydrogen-bond donors (Lipinski definition) is 2. The number of hydrogen-bond acceptors (Lipinski definition) is 6. The summed E-state index contributed by atoms with van der Waals surface area (Å²) in [6.45, 7) is 0.448. The number of nitrogens with zero attached hydrogens (tertiary/aromatic N) is 4. The highest BCUT2D eigenvalue weighted by Crippen LogP contribution is 2.36. The smallest absolute Gasteiger partial charge is 0.253 e. The summed E-state index contributed by atoms with van der Waals surface area (Å²) >= 11 is 0. The van der Waals surface area contributed by atoms with Crippen LogP contribution in [0.5, 0.6) is 0 Å². The molecular weight excluding hydrogens is 344 g/mol. The molecule has 3 N–H and O–H groups in total. The molecule has 4 rings (SSSR count). The lowest BCUT2D eigenvalue weighted by atomic mass is 10.1. The van der Waals surface area contributed by atoms with Gasteiger partial charge in [0.15, 0.2) is 5.82 Å². The van der Waals surface area contributed by atoms with E-state index in [2.05, 4.69) is 20.8 Å². The zero-order valence-corrected chi connectivity index (χ0v) is 14.5. The Morgan fingerprint density at radius 1 is 1.32 bits per heavy atom. The molecular formula is C16H21ClN6O2. The zero-order valence-electron chi connectivity index (χ0n) is 13.7. The highest BCUT2D eigenvalue weighted by atomic mass is 35.5. The number of ether oxygens (including phenoxy) is 1. The predicted octanol–water partition coefficient (Wildman–Crippen LogP) is 1.54. The van der Waals surface area contributed by atoms with Gasteiger partial charge in [-0.05, 0) is 48.2 Å². The van der Waals surface area contributed by atoms with Gasteiger partial charge in [-0.2, -0.15) is 0 Å². The fourth-order valence-electron chi connectivity index (χ4n) is 2.98. The molecule has 2 heterocycles. The molecule has 9 heteroatoms. The van der Waals surface area contributed by atoms with Crippen molar-refractivity contribution in [3.8, 4) is 11.4 Å². The Balaban J connectivity index is 0.00000182. The van der Waals surface area contributed by atoms with Crippen LogP contribution in [0.1, 0.15) is 31.7 Å². The van der Waals surface area contributed by atoms with Crippen LogP contribution in [0.4, 0.5) is 5.69 Å². The number of halogens is 1. The monoisotopic (exact) mass is 364 g/mol. The summed E-state index contributed by atoms with van der Waals surface area (Å²) in [7, 11) is 0. The van der Waals surface area contributed by atoms with Gasteiger partial charge in [-0.1, -0.05) is 12.1 Å². The van der Waals surface area contributed by atoms with Gasteiger partial charge >= 0.3 is 0 Å². The van der Waals surface area contributed by atoms with E-state index in [-0.39, 0.29) is 24.4 Å². The first-order valence-corrected chi connectivity index (χ1v) is 8.29. The molecule has 1 saturated heterocycles. The Labute approximate surface area is 151 Å². The van der Waals surface area contributed by atoms with Gasteiger partial charge in [0, 0.05) is 17.8 Å². The number of anilines is 1. The first-order chi connectivity index (χ1) is 11.7. The van der Waals surface area contributed by atoms with Gasteiger partial charge in [0.25, 0.3) is 5.91 Å². The molecule has 0 unspecified atom stereocenters. The van der Waals surface area contributed by atoms with E-state index in [9.17, 15) is 4.79 Å². The Kier molecular flexibility index (Phi) is 5.31. The quantitative estimate of drug-likeness (QED) is 0.833.